The molecular formula is C61H80BrF3N10O5. The first-order chi connectivity index (χ1) is 38.5. The van der Waals surface area contributed by atoms with Gasteiger partial charge in [0.2, 0.25) is 23.6 Å². The van der Waals surface area contributed by atoms with Crippen LogP contribution in [0.3, 0.4) is 0 Å². The third-order valence-electron chi connectivity index (χ3n) is 18.2. The molecule has 0 unspecified atom stereocenters. The van der Waals surface area contributed by atoms with Gasteiger partial charge in [-0.05, 0) is 117 Å². The second-order valence-electron chi connectivity index (χ2n) is 23.5. The summed E-state index contributed by atoms with van der Waals surface area (Å²) in [5.74, 6) is -0.450. The third-order valence-corrected chi connectivity index (χ3v) is 18.7. The van der Waals surface area contributed by atoms with Crippen molar-refractivity contribution in [1.29, 1.82) is 0 Å². The van der Waals surface area contributed by atoms with E-state index in [1.165, 1.54) is 11.1 Å². The third kappa shape index (κ3) is 13.8. The second kappa shape index (κ2) is 26.5. The molecule has 2 aliphatic carbocycles. The smallest absolute Gasteiger partial charge is 0.356 e. The molecular weight excluding hydrogens is 1090 g/mol. The average Bonchev–Trinajstić information content (AvgIpc) is 4.34. The quantitative estimate of drug-likeness (QED) is 0.0688. The normalized spacial score (nSPS) is 22.3. The largest absolute Gasteiger partial charge is 0.417 e. The second-order valence-corrected chi connectivity index (χ2v) is 24.4. The van der Waals surface area contributed by atoms with Gasteiger partial charge in [-0.15, -0.1) is 0 Å². The molecule has 5 amide bonds. The van der Waals surface area contributed by atoms with Gasteiger partial charge < -0.3 is 25.3 Å². The van der Waals surface area contributed by atoms with Gasteiger partial charge in [0.15, 0.2) is 0 Å². The molecule has 0 spiro atoms. The Balaban J connectivity index is 0.674. The van der Waals surface area contributed by atoms with Crippen LogP contribution in [-0.2, 0) is 44.7 Å². The fraction of sp³-hybridized carbons (Fsp3) is 0.607. The van der Waals surface area contributed by atoms with E-state index in [0.717, 1.165) is 112 Å². The number of unbranched alkanes of at least 4 members (excludes halogenated alkanes) is 7. The molecule has 3 aliphatic heterocycles. The monoisotopic (exact) mass is 1170 g/mol. The van der Waals surface area contributed by atoms with E-state index in [1.54, 1.807) is 35.4 Å². The summed E-state index contributed by atoms with van der Waals surface area (Å²) >= 11 is 3.66. The molecule has 4 aromatic rings. The first kappa shape index (κ1) is 58.9. The minimum atomic E-state index is -4.51. The van der Waals surface area contributed by atoms with Gasteiger partial charge in [0, 0.05) is 119 Å². The molecule has 6 heterocycles. The van der Waals surface area contributed by atoms with Crippen molar-refractivity contribution in [3.05, 3.63) is 111 Å². The number of hydrogen-bond donors (Lipinski definition) is 2. The summed E-state index contributed by atoms with van der Waals surface area (Å²) in [6.07, 6.45) is 19.0. The SMILES string of the molecule is CC(C)[C@]1(C(=O)N2CCc3ncc(C(F)(F)F)cc3C2)CC[C@@H](N(CCCNC(=O)c2cnn(C3CCN(C(=O)CCCCCCCCCCNC(=O)[C@H]4CC(=O)N(C)[C@@H]4c4cccnc4)CC3)c2)[C@@H]2CCc3cc(Br)ccc32)C1. The number of hydrogen-bond acceptors (Lipinski definition) is 9. The number of pyridine rings is 2. The van der Waals surface area contributed by atoms with E-state index in [2.05, 4.69) is 78.6 Å². The number of carbonyl (C=O) groups is 5. The lowest BCUT2D eigenvalue weighted by atomic mass is 9.73. The van der Waals surface area contributed by atoms with Crippen molar-refractivity contribution in [3.8, 4) is 0 Å². The molecule has 0 bridgehead atoms. The molecule has 432 valence electrons. The highest BCUT2D eigenvalue weighted by Crippen LogP contribution is 2.51. The maximum Gasteiger partial charge on any atom is 0.417 e. The number of aromatic nitrogens is 4. The van der Waals surface area contributed by atoms with Crippen LogP contribution >= 0.6 is 15.9 Å². The number of alkyl halides is 3. The number of likely N-dealkylation sites (tertiary alicyclic amines) is 2. The Morgan fingerprint density at radius 1 is 0.850 bits per heavy atom. The number of benzene rings is 1. The van der Waals surface area contributed by atoms with Crippen LogP contribution in [-0.4, -0.2) is 121 Å². The van der Waals surface area contributed by atoms with Gasteiger partial charge in [-0.25, -0.2) is 0 Å². The predicted molar refractivity (Wildman–Crippen MR) is 302 cm³/mol. The molecule has 0 radical (unpaired) electrons. The van der Waals surface area contributed by atoms with Crippen LogP contribution in [0.5, 0.6) is 0 Å². The van der Waals surface area contributed by atoms with Crippen LogP contribution in [0.25, 0.3) is 0 Å². The molecule has 9 rings (SSSR count). The Morgan fingerprint density at radius 2 is 1.60 bits per heavy atom. The van der Waals surface area contributed by atoms with Gasteiger partial charge >= 0.3 is 6.18 Å². The number of fused-ring (bicyclic) bond motifs is 2. The molecule has 19 heteroatoms. The number of carbonyl (C=O) groups excluding carboxylic acids is 5. The maximum absolute atomic E-state index is 14.7. The lowest BCUT2D eigenvalue weighted by Gasteiger charge is -2.41. The van der Waals surface area contributed by atoms with Gasteiger partial charge in [0.1, 0.15) is 0 Å². The van der Waals surface area contributed by atoms with Crippen LogP contribution in [0.15, 0.2) is 71.9 Å². The van der Waals surface area contributed by atoms with E-state index in [4.69, 9.17) is 0 Å². The van der Waals surface area contributed by atoms with E-state index in [1.807, 2.05) is 27.9 Å². The lowest BCUT2D eigenvalue weighted by molar-refractivity contribution is -0.146. The van der Waals surface area contributed by atoms with Crippen LogP contribution < -0.4 is 10.6 Å². The summed E-state index contributed by atoms with van der Waals surface area (Å²) in [5, 5.41) is 10.8. The van der Waals surface area contributed by atoms with E-state index < -0.39 is 23.1 Å². The Morgan fingerprint density at radius 3 is 2.34 bits per heavy atom. The van der Waals surface area contributed by atoms with Crippen LogP contribution in [0.1, 0.15) is 185 Å². The fourth-order valence-corrected chi connectivity index (χ4v) is 14.0. The summed E-state index contributed by atoms with van der Waals surface area (Å²) in [6.45, 7) is 7.86. The van der Waals surface area contributed by atoms with E-state index >= 15 is 0 Å². The van der Waals surface area contributed by atoms with Gasteiger partial charge in [-0.1, -0.05) is 80.4 Å². The Bertz CT molecular complexity index is 2810. The molecule has 2 N–H and O–H groups in total. The zero-order valence-electron chi connectivity index (χ0n) is 46.8. The zero-order chi connectivity index (χ0) is 56.6. The van der Waals surface area contributed by atoms with Crippen molar-refractivity contribution in [2.75, 3.05) is 46.3 Å². The zero-order valence-corrected chi connectivity index (χ0v) is 48.4. The maximum atomic E-state index is 14.7. The number of amides is 5. The Hall–Kier alpha value is -5.69. The lowest BCUT2D eigenvalue weighted by Crippen LogP contribution is -2.48. The molecule has 2 saturated heterocycles. The predicted octanol–water partition coefficient (Wildman–Crippen LogP) is 10.4. The minimum absolute atomic E-state index is 0.0197. The summed E-state index contributed by atoms with van der Waals surface area (Å²) in [5.41, 5.74) is 3.64. The number of piperidine rings is 1. The molecule has 3 fully saturated rings. The molecule has 80 heavy (non-hydrogen) atoms. The van der Waals surface area contributed by atoms with E-state index in [0.29, 0.717) is 81.6 Å². The highest BCUT2D eigenvalue weighted by molar-refractivity contribution is 9.10. The van der Waals surface area contributed by atoms with Gasteiger partial charge in [-0.2, -0.15) is 18.3 Å². The summed E-state index contributed by atoms with van der Waals surface area (Å²) in [4.78, 5) is 83.2. The Labute approximate surface area is 477 Å². The van der Waals surface area contributed by atoms with Crippen molar-refractivity contribution < 1.29 is 37.1 Å². The molecule has 3 aromatic heterocycles. The first-order valence-corrected chi connectivity index (χ1v) is 30.2. The number of nitrogens with zero attached hydrogens (tertiary/aromatic N) is 8. The van der Waals surface area contributed by atoms with Gasteiger partial charge in [0.25, 0.3) is 5.91 Å². The standard InChI is InChI=1S/C61H80BrF3N10O5/c1-41(2)60(59(80)73-31-23-52-44(39-73)32-46(38-69-52)61(63,64)65)24-20-49(35-60)74(53-19-16-42-33-47(62)17-18-50(42)53)28-13-27-67-57(78)45-37-70-75(40-45)48-21-29-72(30-22-48)54(76)15-10-8-6-4-5-7-9-11-26-68-58(79)51-34-55(77)71(3)56(51)43-14-12-25-66-36-43/h12,14,17-18,25,32-33,36-38,40-41,48-49,51,53,56H,4-11,13,15-16,19-24,26-31,34-35,39H2,1-3H3,(H,67,78)(H,68,79)/t49-,51+,53-,56-,60+/m1/s1. The molecule has 1 aromatic carbocycles. The van der Waals surface area contributed by atoms with Crippen LogP contribution in [0, 0.1) is 17.3 Å². The number of rotatable bonds is 23. The van der Waals surface area contributed by atoms with Crippen molar-refractivity contribution >= 4 is 45.5 Å². The van der Waals surface area contributed by atoms with Crippen molar-refractivity contribution in [2.45, 2.75) is 173 Å². The first-order valence-electron chi connectivity index (χ1n) is 29.4. The van der Waals surface area contributed by atoms with Crippen molar-refractivity contribution in [3.63, 3.8) is 0 Å². The summed E-state index contributed by atoms with van der Waals surface area (Å²) in [6, 6.07) is 11.5. The summed E-state index contributed by atoms with van der Waals surface area (Å²) < 4.78 is 43.9. The summed E-state index contributed by atoms with van der Waals surface area (Å²) in [7, 11) is 1.75. The fourth-order valence-electron chi connectivity index (χ4n) is 13.5. The molecule has 15 nitrogen and oxygen atoms in total. The van der Waals surface area contributed by atoms with Gasteiger partial charge in [-0.3, -0.25) is 43.5 Å². The molecule has 5 atom stereocenters. The van der Waals surface area contributed by atoms with E-state index in [9.17, 15) is 37.1 Å². The number of nitrogens with one attached hydrogen (secondary N) is 2. The van der Waals surface area contributed by atoms with Crippen molar-refractivity contribution in [2.24, 2.45) is 17.3 Å². The average molecular weight is 1170 g/mol. The highest BCUT2D eigenvalue weighted by atomic mass is 79.9. The van der Waals surface area contributed by atoms with Crippen LogP contribution in [0.4, 0.5) is 13.2 Å². The van der Waals surface area contributed by atoms with Crippen LogP contribution in [0.2, 0.25) is 0 Å². The topological polar surface area (TPSA) is 166 Å². The van der Waals surface area contributed by atoms with Crippen molar-refractivity contribution in [1.82, 2.24) is 50.0 Å². The van der Waals surface area contributed by atoms with Gasteiger partial charge in [0.05, 0.1) is 40.7 Å². The Kier molecular flexibility index (Phi) is 19.5. The number of aryl methyl sites for hydroxylation is 1. The molecule has 1 saturated carbocycles. The molecule has 5 aliphatic rings. The highest BCUT2D eigenvalue weighted by Gasteiger charge is 2.52. The van der Waals surface area contributed by atoms with E-state index in [-0.39, 0.29) is 72.6 Å². The minimum Gasteiger partial charge on any atom is -0.356 e. The number of halogens is 4.